The van der Waals surface area contributed by atoms with Gasteiger partial charge in [0.2, 0.25) is 0 Å². The molecule has 1 aliphatic carbocycles. The van der Waals surface area contributed by atoms with Gasteiger partial charge in [-0.2, -0.15) is 0 Å². The average molecular weight is 304 g/mol. The molecule has 1 aromatic rings. The zero-order valence-corrected chi connectivity index (χ0v) is 12.9. The minimum Gasteiger partial charge on any atom is -0.317 e. The lowest BCUT2D eigenvalue weighted by molar-refractivity contribution is 0.417. The summed E-state index contributed by atoms with van der Waals surface area (Å²) < 4.78 is 0. The molecule has 1 aliphatic rings. The summed E-state index contributed by atoms with van der Waals surface area (Å²) in [6, 6.07) is 6.37. The van der Waals surface area contributed by atoms with E-state index in [0.29, 0.717) is 6.04 Å². The Bertz CT molecular complexity index is 397. The summed E-state index contributed by atoms with van der Waals surface area (Å²) in [7, 11) is 2.07. The predicted molar refractivity (Wildman–Crippen MR) is 82.0 cm³/mol. The molecule has 4 heteroatoms. The second-order valence-electron chi connectivity index (χ2n) is 4.80. The molecule has 2 rings (SSSR count). The highest BCUT2D eigenvalue weighted by atomic mass is 35.5. The van der Waals surface area contributed by atoms with Gasteiger partial charge in [-0.25, -0.2) is 0 Å². The Balaban J connectivity index is 1.83. The summed E-state index contributed by atoms with van der Waals surface area (Å²) in [6.07, 6.45) is 5.29. The van der Waals surface area contributed by atoms with Crippen molar-refractivity contribution in [3.05, 3.63) is 28.2 Å². The van der Waals surface area contributed by atoms with Crippen LogP contribution in [0.4, 0.5) is 0 Å². The molecule has 0 saturated heterocycles. The Morgan fingerprint density at radius 1 is 1.33 bits per heavy atom. The molecule has 1 aromatic carbocycles. The summed E-state index contributed by atoms with van der Waals surface area (Å²) >= 11 is 14.0. The molecule has 0 radical (unpaired) electrons. The predicted octanol–water partition coefficient (Wildman–Crippen LogP) is 4.86. The fourth-order valence-electron chi connectivity index (χ4n) is 2.67. The van der Waals surface area contributed by atoms with Gasteiger partial charge in [0.15, 0.2) is 0 Å². The van der Waals surface area contributed by atoms with Crippen LogP contribution in [0, 0.1) is 5.92 Å². The summed E-state index contributed by atoms with van der Waals surface area (Å²) in [4.78, 5) is 1.10. The third-order valence-electron chi connectivity index (χ3n) is 3.67. The molecule has 100 valence electrons. The highest BCUT2D eigenvalue weighted by Gasteiger charge is 2.25. The molecule has 0 aliphatic heterocycles. The second-order valence-corrected chi connectivity index (χ2v) is 6.78. The first-order valence-electron chi connectivity index (χ1n) is 6.46. The summed E-state index contributed by atoms with van der Waals surface area (Å²) in [5.41, 5.74) is 0. The number of hydrogen-bond donors (Lipinski definition) is 1. The number of nitrogens with one attached hydrogen (secondary N) is 1. The van der Waals surface area contributed by atoms with Crippen molar-refractivity contribution in [3.8, 4) is 0 Å². The molecule has 1 nitrogen and oxygen atoms in total. The van der Waals surface area contributed by atoms with Crippen LogP contribution in [-0.4, -0.2) is 18.8 Å². The maximum Gasteiger partial charge on any atom is 0.0542 e. The van der Waals surface area contributed by atoms with Crippen LogP contribution in [0.2, 0.25) is 10.0 Å². The van der Waals surface area contributed by atoms with Crippen molar-refractivity contribution < 1.29 is 0 Å². The van der Waals surface area contributed by atoms with Crippen LogP contribution in [0.15, 0.2) is 23.1 Å². The highest BCUT2D eigenvalue weighted by Crippen LogP contribution is 2.34. The third-order valence-corrected chi connectivity index (χ3v) is 5.43. The molecule has 2 atom stereocenters. The van der Waals surface area contributed by atoms with Crippen LogP contribution < -0.4 is 5.32 Å². The zero-order chi connectivity index (χ0) is 13.0. The number of halogens is 2. The minimum atomic E-state index is 0.709. The summed E-state index contributed by atoms with van der Waals surface area (Å²) in [6.45, 7) is 0. The Morgan fingerprint density at radius 2 is 2.17 bits per heavy atom. The van der Waals surface area contributed by atoms with Gasteiger partial charge in [-0.1, -0.05) is 29.6 Å². The van der Waals surface area contributed by atoms with Crippen LogP contribution in [-0.2, 0) is 0 Å². The van der Waals surface area contributed by atoms with Gasteiger partial charge in [-0.05, 0) is 56.2 Å². The van der Waals surface area contributed by atoms with E-state index in [4.69, 9.17) is 23.2 Å². The van der Waals surface area contributed by atoms with E-state index in [9.17, 15) is 0 Å². The fourth-order valence-corrected chi connectivity index (χ4v) is 4.25. The Labute approximate surface area is 124 Å². The van der Waals surface area contributed by atoms with Crippen LogP contribution >= 0.6 is 35.0 Å². The van der Waals surface area contributed by atoms with E-state index in [1.807, 2.05) is 30.0 Å². The third kappa shape index (κ3) is 3.80. The van der Waals surface area contributed by atoms with Crippen molar-refractivity contribution >= 4 is 35.0 Å². The lowest BCUT2D eigenvalue weighted by atomic mass is 10.0. The van der Waals surface area contributed by atoms with Crippen molar-refractivity contribution in [2.24, 2.45) is 5.92 Å². The van der Waals surface area contributed by atoms with Crippen molar-refractivity contribution in [1.82, 2.24) is 5.32 Å². The normalized spacial score (nSPS) is 23.5. The topological polar surface area (TPSA) is 12.0 Å². The van der Waals surface area contributed by atoms with E-state index in [0.717, 1.165) is 26.6 Å². The van der Waals surface area contributed by atoms with Crippen molar-refractivity contribution in [3.63, 3.8) is 0 Å². The van der Waals surface area contributed by atoms with Gasteiger partial charge in [0.25, 0.3) is 0 Å². The van der Waals surface area contributed by atoms with Gasteiger partial charge in [-0.15, -0.1) is 11.8 Å². The summed E-state index contributed by atoms with van der Waals surface area (Å²) in [5, 5.41) is 4.99. The minimum absolute atomic E-state index is 0.709. The lowest BCUT2D eigenvalue weighted by Gasteiger charge is -2.18. The monoisotopic (exact) mass is 303 g/mol. The van der Waals surface area contributed by atoms with Crippen LogP contribution in [0.25, 0.3) is 0 Å². The molecule has 2 unspecified atom stereocenters. The van der Waals surface area contributed by atoms with Gasteiger partial charge < -0.3 is 5.32 Å². The largest absolute Gasteiger partial charge is 0.317 e. The van der Waals surface area contributed by atoms with Crippen LogP contribution in [0.3, 0.4) is 0 Å². The second kappa shape index (κ2) is 7.04. The van der Waals surface area contributed by atoms with Crippen LogP contribution in [0.5, 0.6) is 0 Å². The molecule has 0 amide bonds. The fraction of sp³-hybridized carbons (Fsp3) is 0.571. The lowest BCUT2D eigenvalue weighted by Crippen LogP contribution is -2.29. The number of rotatable bonds is 5. The van der Waals surface area contributed by atoms with Crippen LogP contribution in [0.1, 0.15) is 25.7 Å². The van der Waals surface area contributed by atoms with E-state index >= 15 is 0 Å². The standard InChI is InChI=1S/C14H19Cl2NS/c1-17-13-4-2-3-10(13)7-8-18-14-9-11(15)5-6-12(14)16/h5-6,9-10,13,17H,2-4,7-8H2,1H3. The average Bonchev–Trinajstić information content (AvgIpc) is 2.81. The van der Waals surface area contributed by atoms with E-state index in [-0.39, 0.29) is 0 Å². The first kappa shape index (κ1) is 14.5. The molecule has 0 bridgehead atoms. The molecule has 18 heavy (non-hydrogen) atoms. The molecule has 1 fully saturated rings. The molecular formula is C14H19Cl2NS. The molecule has 0 heterocycles. The number of thioether (sulfide) groups is 1. The SMILES string of the molecule is CNC1CCCC1CCSc1cc(Cl)ccc1Cl. The van der Waals surface area contributed by atoms with Crippen molar-refractivity contribution in [2.45, 2.75) is 36.6 Å². The maximum absolute atomic E-state index is 6.16. The smallest absolute Gasteiger partial charge is 0.0542 e. The molecule has 0 aromatic heterocycles. The van der Waals surface area contributed by atoms with Gasteiger partial charge >= 0.3 is 0 Å². The quantitative estimate of drug-likeness (QED) is 0.779. The van der Waals surface area contributed by atoms with E-state index in [1.54, 1.807) is 0 Å². The number of benzene rings is 1. The molecule has 0 spiro atoms. The van der Waals surface area contributed by atoms with Gasteiger partial charge in [0.1, 0.15) is 0 Å². The summed E-state index contributed by atoms with van der Waals surface area (Å²) in [5.74, 6) is 1.93. The Morgan fingerprint density at radius 3 is 2.94 bits per heavy atom. The van der Waals surface area contributed by atoms with E-state index in [2.05, 4.69) is 12.4 Å². The Hall–Kier alpha value is 0.110. The van der Waals surface area contributed by atoms with Crippen molar-refractivity contribution in [1.29, 1.82) is 0 Å². The maximum atomic E-state index is 6.16. The van der Waals surface area contributed by atoms with Crippen molar-refractivity contribution in [2.75, 3.05) is 12.8 Å². The Kier molecular flexibility index (Phi) is 5.68. The zero-order valence-electron chi connectivity index (χ0n) is 10.6. The molecular weight excluding hydrogens is 285 g/mol. The van der Waals surface area contributed by atoms with E-state index < -0.39 is 0 Å². The highest BCUT2D eigenvalue weighted by molar-refractivity contribution is 7.99. The first-order valence-corrected chi connectivity index (χ1v) is 8.20. The molecule has 1 N–H and O–H groups in total. The number of hydrogen-bond acceptors (Lipinski definition) is 2. The van der Waals surface area contributed by atoms with Gasteiger partial charge in [0.05, 0.1) is 5.02 Å². The first-order chi connectivity index (χ1) is 8.70. The van der Waals surface area contributed by atoms with Gasteiger partial charge in [0, 0.05) is 16.0 Å². The van der Waals surface area contributed by atoms with Gasteiger partial charge in [-0.3, -0.25) is 0 Å². The van der Waals surface area contributed by atoms with E-state index in [1.165, 1.54) is 25.7 Å². The molecule has 1 saturated carbocycles.